The smallest absolute Gasteiger partial charge is 0.435 e. The van der Waals surface area contributed by atoms with Crippen molar-refractivity contribution in [3.05, 3.63) is 65.1 Å². The Morgan fingerprint density at radius 1 is 1.03 bits per heavy atom. The van der Waals surface area contributed by atoms with Gasteiger partial charge in [0.05, 0.1) is 12.0 Å². The van der Waals surface area contributed by atoms with E-state index in [9.17, 15) is 30.8 Å². The zero-order valence-corrected chi connectivity index (χ0v) is 18.7. The molecule has 0 atom stereocenters. The summed E-state index contributed by atoms with van der Waals surface area (Å²) in [4.78, 5) is 12.8. The first-order valence-electron chi connectivity index (χ1n) is 9.38. The second-order valence-electron chi connectivity index (χ2n) is 7.05. The molecule has 0 bridgehead atoms. The molecule has 0 unspecified atom stereocenters. The minimum absolute atomic E-state index is 0.00621. The van der Waals surface area contributed by atoms with Gasteiger partial charge in [-0.2, -0.15) is 13.2 Å². The molecular formula is C21H17F4N3O5S. The third-order valence-electron chi connectivity index (χ3n) is 4.47. The molecule has 0 spiro atoms. The number of methoxy groups -OCH3 is 1. The molecule has 0 aliphatic carbocycles. The Morgan fingerprint density at radius 3 is 2.35 bits per heavy atom. The van der Waals surface area contributed by atoms with E-state index < -0.39 is 44.9 Å². The van der Waals surface area contributed by atoms with Crippen molar-refractivity contribution in [3.8, 4) is 17.4 Å². The Kier molecular flexibility index (Phi) is 6.77. The molecular weight excluding hydrogens is 482 g/mol. The van der Waals surface area contributed by atoms with Crippen LogP contribution < -0.4 is 14.8 Å². The van der Waals surface area contributed by atoms with Gasteiger partial charge in [0.25, 0.3) is 11.8 Å². The Bertz CT molecular complexity index is 1360. The van der Waals surface area contributed by atoms with E-state index in [2.05, 4.69) is 15.5 Å². The van der Waals surface area contributed by atoms with Gasteiger partial charge in [-0.1, -0.05) is 6.07 Å². The van der Waals surface area contributed by atoms with Crippen LogP contribution in [0.15, 0.2) is 47.4 Å². The molecule has 3 rings (SSSR count). The van der Waals surface area contributed by atoms with Gasteiger partial charge in [0, 0.05) is 18.0 Å². The van der Waals surface area contributed by atoms with Crippen LogP contribution in [-0.2, 0) is 16.0 Å². The molecule has 0 aliphatic heterocycles. The lowest BCUT2D eigenvalue weighted by molar-refractivity contribution is -0.141. The van der Waals surface area contributed by atoms with Crippen molar-refractivity contribution in [3.63, 3.8) is 0 Å². The predicted molar refractivity (Wildman–Crippen MR) is 112 cm³/mol. The summed E-state index contributed by atoms with van der Waals surface area (Å²) in [5.74, 6) is -2.61. The van der Waals surface area contributed by atoms with Crippen LogP contribution in [0, 0.1) is 12.7 Å². The van der Waals surface area contributed by atoms with Gasteiger partial charge < -0.3 is 14.8 Å². The summed E-state index contributed by atoms with van der Waals surface area (Å²) >= 11 is 0. The summed E-state index contributed by atoms with van der Waals surface area (Å²) in [6, 6.07) is 7.52. The van der Waals surface area contributed by atoms with E-state index in [-0.39, 0.29) is 22.1 Å². The number of hydrogen-bond donors (Lipinski definition) is 1. The number of aryl methyl sites for hydroxylation is 1. The largest absolute Gasteiger partial charge is 0.493 e. The number of aromatic nitrogens is 2. The Balaban J connectivity index is 2.04. The first-order chi connectivity index (χ1) is 15.8. The summed E-state index contributed by atoms with van der Waals surface area (Å²) in [5, 5.41) is 8.76. The Hall–Kier alpha value is -3.74. The van der Waals surface area contributed by atoms with Crippen LogP contribution in [-0.4, -0.2) is 37.9 Å². The van der Waals surface area contributed by atoms with Gasteiger partial charge in [0.2, 0.25) is 0 Å². The Labute approximate surface area is 191 Å². The number of hydrogen-bond acceptors (Lipinski definition) is 7. The summed E-state index contributed by atoms with van der Waals surface area (Å²) in [6.45, 7) is 1.55. The van der Waals surface area contributed by atoms with E-state index in [1.807, 2.05) is 0 Å². The molecule has 8 nitrogen and oxygen atoms in total. The monoisotopic (exact) mass is 499 g/mol. The van der Waals surface area contributed by atoms with Crippen molar-refractivity contribution in [1.29, 1.82) is 0 Å². The molecule has 1 heterocycles. The highest BCUT2D eigenvalue weighted by atomic mass is 32.2. The van der Waals surface area contributed by atoms with Crippen LogP contribution in [0.1, 0.15) is 21.6 Å². The van der Waals surface area contributed by atoms with Gasteiger partial charge in [0.1, 0.15) is 11.4 Å². The second-order valence-corrected chi connectivity index (χ2v) is 9.03. The van der Waals surface area contributed by atoms with E-state index >= 15 is 0 Å². The molecule has 34 heavy (non-hydrogen) atoms. The zero-order chi connectivity index (χ0) is 25.3. The second kappa shape index (κ2) is 9.25. The lowest BCUT2D eigenvalue weighted by Crippen LogP contribution is -2.18. The molecule has 180 valence electrons. The lowest BCUT2D eigenvalue weighted by atomic mass is 10.2. The SMILES string of the molecule is COc1cc(F)ccc1Oc1nnc(C(F)(F)F)cc1C(=O)Nc1ccc(C)c(S(C)(=O)=O)c1. The van der Waals surface area contributed by atoms with Crippen molar-refractivity contribution in [2.75, 3.05) is 18.7 Å². The number of carbonyl (C=O) groups excluding carboxylic acids is 1. The van der Waals surface area contributed by atoms with Crippen LogP contribution in [0.5, 0.6) is 17.4 Å². The van der Waals surface area contributed by atoms with E-state index in [1.54, 1.807) is 6.92 Å². The maximum absolute atomic E-state index is 13.5. The molecule has 0 aliphatic rings. The van der Waals surface area contributed by atoms with Crippen LogP contribution in [0.2, 0.25) is 0 Å². The third-order valence-corrected chi connectivity index (χ3v) is 5.71. The maximum atomic E-state index is 13.5. The third kappa shape index (κ3) is 5.60. The standard InChI is InChI=1S/C21H17F4N3O5S/c1-11-4-6-13(9-17(11)34(3,30)31)26-19(29)14-10-18(21(23,24)25)27-28-20(14)33-15-7-5-12(22)8-16(15)32-2/h4-10H,1-3H3,(H,26,29). The van der Waals surface area contributed by atoms with Crippen molar-refractivity contribution >= 4 is 21.4 Å². The number of benzene rings is 2. The number of sulfone groups is 1. The number of halogens is 4. The first-order valence-corrected chi connectivity index (χ1v) is 11.3. The number of amides is 1. The van der Waals surface area contributed by atoms with Crippen molar-refractivity contribution < 1.29 is 40.2 Å². The van der Waals surface area contributed by atoms with Gasteiger partial charge in [-0.3, -0.25) is 4.79 Å². The fourth-order valence-electron chi connectivity index (χ4n) is 2.86. The van der Waals surface area contributed by atoms with Gasteiger partial charge >= 0.3 is 6.18 Å². The number of ether oxygens (including phenoxy) is 2. The molecule has 1 aromatic heterocycles. The van der Waals surface area contributed by atoms with Gasteiger partial charge in [-0.15, -0.1) is 10.2 Å². The number of alkyl halides is 3. The number of carbonyl (C=O) groups is 1. The minimum atomic E-state index is -4.92. The maximum Gasteiger partial charge on any atom is 0.435 e. The number of nitrogens with zero attached hydrogens (tertiary/aromatic N) is 2. The van der Waals surface area contributed by atoms with Crippen LogP contribution in [0.4, 0.5) is 23.2 Å². The first kappa shape index (κ1) is 24.9. The molecule has 1 N–H and O–H groups in total. The molecule has 3 aromatic rings. The van der Waals surface area contributed by atoms with E-state index in [1.165, 1.54) is 25.3 Å². The van der Waals surface area contributed by atoms with E-state index in [0.717, 1.165) is 24.5 Å². The van der Waals surface area contributed by atoms with Gasteiger partial charge in [-0.05, 0) is 42.8 Å². The van der Waals surface area contributed by atoms with Crippen LogP contribution in [0.3, 0.4) is 0 Å². The zero-order valence-electron chi connectivity index (χ0n) is 17.9. The average molecular weight is 499 g/mol. The molecule has 0 fully saturated rings. The van der Waals surface area contributed by atoms with Crippen molar-refractivity contribution in [1.82, 2.24) is 10.2 Å². The molecule has 0 radical (unpaired) electrons. The normalized spacial score (nSPS) is 11.7. The summed E-state index contributed by atoms with van der Waals surface area (Å²) < 4.78 is 87.4. The number of nitrogens with one attached hydrogen (secondary N) is 1. The quantitative estimate of drug-likeness (QED) is 0.501. The highest BCUT2D eigenvalue weighted by Crippen LogP contribution is 2.35. The highest BCUT2D eigenvalue weighted by Gasteiger charge is 2.35. The van der Waals surface area contributed by atoms with Gasteiger partial charge in [-0.25, -0.2) is 12.8 Å². The number of anilines is 1. The molecule has 0 saturated heterocycles. The molecule has 1 amide bonds. The van der Waals surface area contributed by atoms with E-state index in [0.29, 0.717) is 11.6 Å². The number of rotatable bonds is 6. The highest BCUT2D eigenvalue weighted by molar-refractivity contribution is 7.90. The topological polar surface area (TPSA) is 107 Å². The molecule has 0 saturated carbocycles. The fraction of sp³-hybridized carbons (Fsp3) is 0.190. The van der Waals surface area contributed by atoms with Crippen molar-refractivity contribution in [2.45, 2.75) is 18.0 Å². The molecule has 2 aromatic carbocycles. The molecule has 13 heteroatoms. The lowest BCUT2D eigenvalue weighted by Gasteiger charge is -2.14. The summed E-state index contributed by atoms with van der Waals surface area (Å²) in [5.41, 5.74) is -1.70. The minimum Gasteiger partial charge on any atom is -0.493 e. The van der Waals surface area contributed by atoms with E-state index in [4.69, 9.17) is 9.47 Å². The summed E-state index contributed by atoms with van der Waals surface area (Å²) in [7, 11) is -2.42. The summed E-state index contributed by atoms with van der Waals surface area (Å²) in [6.07, 6.45) is -3.94. The fourth-order valence-corrected chi connectivity index (χ4v) is 3.86. The van der Waals surface area contributed by atoms with Crippen molar-refractivity contribution in [2.24, 2.45) is 0 Å². The predicted octanol–water partition coefficient (Wildman–Crippen LogP) is 4.40. The van der Waals surface area contributed by atoms with Gasteiger partial charge in [0.15, 0.2) is 27.0 Å². The average Bonchev–Trinajstić information content (AvgIpc) is 2.74. The Morgan fingerprint density at radius 2 is 1.74 bits per heavy atom. The van der Waals surface area contributed by atoms with Crippen LogP contribution in [0.25, 0.3) is 0 Å². The van der Waals surface area contributed by atoms with Crippen LogP contribution >= 0.6 is 0 Å².